The normalized spacial score (nSPS) is 15.2. The second kappa shape index (κ2) is 6.95. The molecule has 0 amide bonds. The maximum atomic E-state index is 11.7. The van der Waals surface area contributed by atoms with Crippen LogP contribution in [0.25, 0.3) is 0 Å². The zero-order chi connectivity index (χ0) is 14.4. The summed E-state index contributed by atoms with van der Waals surface area (Å²) in [5.41, 5.74) is 6.23. The van der Waals surface area contributed by atoms with Crippen molar-refractivity contribution in [3.8, 4) is 5.75 Å². The molecular weight excluding hydrogens is 276 g/mol. The van der Waals surface area contributed by atoms with Crippen LogP contribution in [0.5, 0.6) is 5.75 Å². The molecule has 0 unspecified atom stereocenters. The average Bonchev–Trinajstić information content (AvgIpc) is 3.21. The molecular formula is C14H22N2O3S. The molecule has 3 N–H and O–H groups in total. The fraction of sp³-hybridized carbons (Fsp3) is 0.571. The molecule has 1 saturated carbocycles. The van der Waals surface area contributed by atoms with Crippen molar-refractivity contribution < 1.29 is 13.2 Å². The Bertz CT molecular complexity index is 527. The minimum Gasteiger partial charge on any atom is -0.490 e. The van der Waals surface area contributed by atoms with Gasteiger partial charge >= 0.3 is 0 Å². The first-order valence-electron chi connectivity index (χ1n) is 7.01. The van der Waals surface area contributed by atoms with E-state index < -0.39 is 10.0 Å². The van der Waals surface area contributed by atoms with Gasteiger partial charge in [-0.15, -0.1) is 0 Å². The van der Waals surface area contributed by atoms with Crippen LogP contribution in [-0.4, -0.2) is 27.3 Å². The number of hydrogen-bond donors (Lipinski definition) is 2. The average molecular weight is 298 g/mol. The van der Waals surface area contributed by atoms with Crippen molar-refractivity contribution >= 4 is 15.7 Å². The van der Waals surface area contributed by atoms with Crippen molar-refractivity contribution in [2.75, 3.05) is 24.6 Å². The highest BCUT2D eigenvalue weighted by Crippen LogP contribution is 2.33. The van der Waals surface area contributed by atoms with Crippen LogP contribution in [0, 0.1) is 5.92 Å². The molecule has 0 heterocycles. The quantitative estimate of drug-likeness (QED) is 0.537. The van der Waals surface area contributed by atoms with Gasteiger partial charge in [0.15, 0.2) is 0 Å². The van der Waals surface area contributed by atoms with Crippen molar-refractivity contribution in [1.29, 1.82) is 0 Å². The topological polar surface area (TPSA) is 81.4 Å². The molecule has 1 fully saturated rings. The number of nitrogen functional groups attached to an aromatic ring is 1. The fourth-order valence-electron chi connectivity index (χ4n) is 1.97. The summed E-state index contributed by atoms with van der Waals surface area (Å²) in [6.45, 7) is 0.623. The molecule has 6 heteroatoms. The molecule has 1 aromatic rings. The molecule has 0 aromatic heterocycles. The zero-order valence-corrected chi connectivity index (χ0v) is 12.4. The number of sulfonamides is 1. The van der Waals surface area contributed by atoms with E-state index >= 15 is 0 Å². The van der Waals surface area contributed by atoms with Gasteiger partial charge in [-0.25, -0.2) is 13.1 Å². The van der Waals surface area contributed by atoms with E-state index in [1.807, 2.05) is 0 Å². The van der Waals surface area contributed by atoms with Crippen molar-refractivity contribution in [2.45, 2.75) is 25.7 Å². The molecule has 0 spiro atoms. The van der Waals surface area contributed by atoms with E-state index in [1.54, 1.807) is 24.3 Å². The van der Waals surface area contributed by atoms with Crippen LogP contribution < -0.4 is 15.2 Å². The summed E-state index contributed by atoms with van der Waals surface area (Å²) in [4.78, 5) is 0. The third-order valence-electron chi connectivity index (χ3n) is 3.34. The Hall–Kier alpha value is -1.27. The first-order chi connectivity index (χ1) is 9.57. The lowest BCUT2D eigenvalue weighted by Gasteiger charge is -2.09. The zero-order valence-electron chi connectivity index (χ0n) is 11.5. The van der Waals surface area contributed by atoms with Crippen LogP contribution in [0.3, 0.4) is 0 Å². The number of rotatable bonds is 9. The molecule has 0 aliphatic heterocycles. The molecule has 1 aromatic carbocycles. The minimum atomic E-state index is -3.26. The molecule has 112 valence electrons. The van der Waals surface area contributed by atoms with Gasteiger partial charge in [0.05, 0.1) is 11.4 Å². The lowest BCUT2D eigenvalue weighted by atomic mass is 10.2. The lowest BCUT2D eigenvalue weighted by molar-refractivity contribution is 0.342. The summed E-state index contributed by atoms with van der Waals surface area (Å²) in [5, 5.41) is 0. The first kappa shape index (κ1) is 15.1. The molecule has 0 atom stereocenters. The molecule has 5 nitrogen and oxygen atoms in total. The van der Waals surface area contributed by atoms with E-state index in [0.717, 1.165) is 18.8 Å². The first-order valence-corrected chi connectivity index (χ1v) is 8.67. The highest BCUT2D eigenvalue weighted by molar-refractivity contribution is 7.89. The van der Waals surface area contributed by atoms with Crippen LogP contribution in [0.1, 0.15) is 25.7 Å². The Kier molecular flexibility index (Phi) is 5.25. The highest BCUT2D eigenvalue weighted by Gasteiger charge is 2.20. The maximum absolute atomic E-state index is 11.7. The van der Waals surface area contributed by atoms with E-state index in [0.29, 0.717) is 18.0 Å². The van der Waals surface area contributed by atoms with Crippen LogP contribution in [0.15, 0.2) is 24.3 Å². The molecule has 1 aliphatic rings. The SMILES string of the molecule is Nc1ccccc1OCCS(=O)(=O)NCCCC1CC1. The van der Waals surface area contributed by atoms with Gasteiger partial charge in [-0.2, -0.15) is 0 Å². The van der Waals surface area contributed by atoms with Gasteiger partial charge in [-0.1, -0.05) is 25.0 Å². The van der Waals surface area contributed by atoms with Gasteiger partial charge in [0.1, 0.15) is 12.4 Å². The summed E-state index contributed by atoms with van der Waals surface area (Å²) in [6, 6.07) is 7.06. The standard InChI is InChI=1S/C14H22N2O3S/c15-13-5-1-2-6-14(13)19-10-11-20(17,18)16-9-3-4-12-7-8-12/h1-2,5-6,12,16H,3-4,7-11,15H2. The predicted molar refractivity (Wildman–Crippen MR) is 80.1 cm³/mol. The fourth-order valence-corrected chi connectivity index (χ4v) is 2.87. The Labute approximate surface area is 120 Å². The third-order valence-corrected chi connectivity index (χ3v) is 4.68. The number of anilines is 1. The highest BCUT2D eigenvalue weighted by atomic mass is 32.2. The van der Waals surface area contributed by atoms with Crippen LogP contribution in [-0.2, 0) is 10.0 Å². The van der Waals surface area contributed by atoms with Crippen molar-refractivity contribution in [3.63, 3.8) is 0 Å². The van der Waals surface area contributed by atoms with Crippen LogP contribution >= 0.6 is 0 Å². The van der Waals surface area contributed by atoms with E-state index in [9.17, 15) is 8.42 Å². The van der Waals surface area contributed by atoms with Crippen molar-refractivity contribution in [3.05, 3.63) is 24.3 Å². The van der Waals surface area contributed by atoms with Gasteiger partial charge in [0.25, 0.3) is 0 Å². The molecule has 2 rings (SSSR count). The number of nitrogens with two attached hydrogens (primary N) is 1. The smallest absolute Gasteiger partial charge is 0.214 e. The van der Waals surface area contributed by atoms with Gasteiger partial charge in [-0.3, -0.25) is 0 Å². The van der Waals surface area contributed by atoms with E-state index in [-0.39, 0.29) is 12.4 Å². The molecule has 1 aliphatic carbocycles. The maximum Gasteiger partial charge on any atom is 0.214 e. The second-order valence-electron chi connectivity index (χ2n) is 5.19. The minimum absolute atomic E-state index is 0.0508. The molecule has 0 radical (unpaired) electrons. The van der Waals surface area contributed by atoms with Gasteiger partial charge in [0, 0.05) is 6.54 Å². The monoisotopic (exact) mass is 298 g/mol. The summed E-state index contributed by atoms with van der Waals surface area (Å²) in [7, 11) is -3.26. The van der Waals surface area contributed by atoms with E-state index in [1.165, 1.54) is 12.8 Å². The number of ether oxygens (including phenoxy) is 1. The van der Waals surface area contributed by atoms with E-state index in [2.05, 4.69) is 4.72 Å². The molecule has 20 heavy (non-hydrogen) atoms. The van der Waals surface area contributed by atoms with Crippen LogP contribution in [0.2, 0.25) is 0 Å². The number of para-hydroxylation sites is 2. The molecule has 0 saturated heterocycles. The van der Waals surface area contributed by atoms with Gasteiger partial charge in [-0.05, 0) is 30.9 Å². The largest absolute Gasteiger partial charge is 0.490 e. The Morgan fingerprint density at radius 3 is 2.75 bits per heavy atom. The summed E-state index contributed by atoms with van der Waals surface area (Å²) >= 11 is 0. The number of nitrogens with one attached hydrogen (secondary N) is 1. The van der Waals surface area contributed by atoms with Crippen molar-refractivity contribution in [1.82, 2.24) is 4.72 Å². The Balaban J connectivity index is 1.65. The van der Waals surface area contributed by atoms with Crippen molar-refractivity contribution in [2.24, 2.45) is 5.92 Å². The Morgan fingerprint density at radius 2 is 2.05 bits per heavy atom. The van der Waals surface area contributed by atoms with Crippen LogP contribution in [0.4, 0.5) is 5.69 Å². The van der Waals surface area contributed by atoms with E-state index in [4.69, 9.17) is 10.5 Å². The number of hydrogen-bond acceptors (Lipinski definition) is 4. The third kappa shape index (κ3) is 5.38. The summed E-state index contributed by atoms with van der Waals surface area (Å²) < 4.78 is 31.5. The lowest BCUT2D eigenvalue weighted by Crippen LogP contribution is -2.30. The van der Waals surface area contributed by atoms with Gasteiger partial charge < -0.3 is 10.5 Å². The number of benzene rings is 1. The summed E-state index contributed by atoms with van der Waals surface area (Å²) in [6.07, 6.45) is 4.65. The second-order valence-corrected chi connectivity index (χ2v) is 7.11. The predicted octanol–water partition coefficient (Wildman–Crippen LogP) is 1.76. The molecule has 0 bridgehead atoms. The summed E-state index contributed by atoms with van der Waals surface area (Å²) in [5.74, 6) is 1.31. The Morgan fingerprint density at radius 1 is 1.30 bits per heavy atom. The van der Waals surface area contributed by atoms with Gasteiger partial charge in [0.2, 0.25) is 10.0 Å².